The minimum absolute atomic E-state index is 0.0130. The van der Waals surface area contributed by atoms with Crippen LogP contribution in [-0.2, 0) is 9.63 Å². The van der Waals surface area contributed by atoms with E-state index in [0.717, 1.165) is 44.0 Å². The molecule has 1 aromatic rings. The molecule has 0 radical (unpaired) electrons. The Bertz CT molecular complexity index is 626. The van der Waals surface area contributed by atoms with E-state index in [-0.39, 0.29) is 5.91 Å². The first-order chi connectivity index (χ1) is 11.0. The van der Waals surface area contributed by atoms with Crippen molar-refractivity contribution in [2.24, 2.45) is 5.16 Å². The van der Waals surface area contributed by atoms with Gasteiger partial charge in [0.05, 0.1) is 5.71 Å². The van der Waals surface area contributed by atoms with Crippen molar-refractivity contribution < 1.29 is 9.63 Å². The van der Waals surface area contributed by atoms with Crippen molar-refractivity contribution in [2.45, 2.75) is 25.9 Å². The third-order valence-corrected chi connectivity index (χ3v) is 4.94. The lowest BCUT2D eigenvalue weighted by Gasteiger charge is -2.37. The highest BCUT2D eigenvalue weighted by Gasteiger charge is 2.45. The summed E-state index contributed by atoms with van der Waals surface area (Å²) in [5.74, 6) is 0.0130. The molecule has 0 aromatic heterocycles. The fraction of sp³-hybridized carbons (Fsp3) is 0.529. The van der Waals surface area contributed by atoms with Crippen LogP contribution in [0.1, 0.15) is 25.8 Å². The molecule has 124 valence electrons. The molecule has 2 aliphatic rings. The highest BCUT2D eigenvalue weighted by Crippen LogP contribution is 2.31. The molecule has 23 heavy (non-hydrogen) atoms. The van der Waals surface area contributed by atoms with Crippen LogP contribution in [0, 0.1) is 0 Å². The van der Waals surface area contributed by atoms with Crippen LogP contribution < -0.4 is 0 Å². The van der Waals surface area contributed by atoms with Crippen LogP contribution in [0.5, 0.6) is 0 Å². The van der Waals surface area contributed by atoms with Crippen molar-refractivity contribution in [1.82, 2.24) is 9.80 Å². The number of carbonyl (C=O) groups excluding carboxylic acids is 1. The van der Waals surface area contributed by atoms with Crippen molar-refractivity contribution >= 4 is 23.2 Å². The number of piperazine rings is 1. The molecular formula is C17H22ClN3O2. The quantitative estimate of drug-likeness (QED) is 0.852. The highest BCUT2D eigenvalue weighted by atomic mass is 35.5. The van der Waals surface area contributed by atoms with Crippen LogP contribution in [0.15, 0.2) is 29.4 Å². The fourth-order valence-corrected chi connectivity index (χ4v) is 3.34. The number of hydrogen-bond acceptors (Lipinski definition) is 4. The summed E-state index contributed by atoms with van der Waals surface area (Å²) in [6, 6.07) is 7.51. The first kappa shape index (κ1) is 16.3. The number of benzene rings is 1. The summed E-state index contributed by atoms with van der Waals surface area (Å²) < 4.78 is 0. The van der Waals surface area contributed by atoms with Gasteiger partial charge in [-0.1, -0.05) is 41.9 Å². The van der Waals surface area contributed by atoms with Gasteiger partial charge >= 0.3 is 0 Å². The van der Waals surface area contributed by atoms with Gasteiger partial charge in [0, 0.05) is 43.2 Å². The molecule has 2 heterocycles. The summed E-state index contributed by atoms with van der Waals surface area (Å²) >= 11 is 6.22. The minimum Gasteiger partial charge on any atom is -0.379 e. The zero-order valence-corrected chi connectivity index (χ0v) is 14.3. The van der Waals surface area contributed by atoms with Crippen LogP contribution in [0.4, 0.5) is 0 Å². The van der Waals surface area contributed by atoms with E-state index in [0.29, 0.717) is 11.4 Å². The molecule has 2 aliphatic heterocycles. The zero-order valence-electron chi connectivity index (χ0n) is 13.6. The maximum Gasteiger partial charge on any atom is 0.269 e. The molecule has 3 rings (SSSR count). The second-order valence-electron chi connectivity index (χ2n) is 6.24. The first-order valence-corrected chi connectivity index (χ1v) is 8.43. The summed E-state index contributed by atoms with van der Waals surface area (Å²) in [5.41, 5.74) is 0.642. The van der Waals surface area contributed by atoms with Gasteiger partial charge < -0.3 is 14.6 Å². The molecule has 0 saturated carbocycles. The predicted molar refractivity (Wildman–Crippen MR) is 90.8 cm³/mol. The van der Waals surface area contributed by atoms with Crippen LogP contribution in [0.3, 0.4) is 0 Å². The molecule has 1 aromatic carbocycles. The first-order valence-electron chi connectivity index (χ1n) is 8.05. The van der Waals surface area contributed by atoms with Gasteiger partial charge in [0.15, 0.2) is 0 Å². The summed E-state index contributed by atoms with van der Waals surface area (Å²) in [6.07, 6.45) is 0.448. The molecular weight excluding hydrogens is 314 g/mol. The lowest BCUT2D eigenvalue weighted by atomic mass is 9.94. The van der Waals surface area contributed by atoms with E-state index in [1.165, 1.54) is 0 Å². The Hall–Kier alpha value is -1.59. The van der Waals surface area contributed by atoms with Crippen molar-refractivity contribution in [3.05, 3.63) is 34.9 Å². The average molecular weight is 336 g/mol. The van der Waals surface area contributed by atoms with Crippen LogP contribution >= 0.6 is 11.6 Å². The Morgan fingerprint density at radius 3 is 2.65 bits per heavy atom. The van der Waals surface area contributed by atoms with Gasteiger partial charge in [0.1, 0.15) is 0 Å². The molecule has 1 fully saturated rings. The van der Waals surface area contributed by atoms with E-state index in [4.69, 9.17) is 16.4 Å². The fourth-order valence-electron chi connectivity index (χ4n) is 3.10. The number of likely N-dealkylation sites (N-methyl/N-ethyl adjacent to an activating group) is 1. The highest BCUT2D eigenvalue weighted by molar-refractivity contribution is 6.34. The Morgan fingerprint density at radius 1 is 1.30 bits per heavy atom. The number of rotatable bonds is 3. The average Bonchev–Trinajstić information content (AvgIpc) is 2.98. The predicted octanol–water partition coefficient (Wildman–Crippen LogP) is 2.39. The molecule has 1 atom stereocenters. The second-order valence-corrected chi connectivity index (χ2v) is 6.65. The normalized spacial score (nSPS) is 25.2. The Morgan fingerprint density at radius 2 is 2.00 bits per heavy atom. The summed E-state index contributed by atoms with van der Waals surface area (Å²) in [4.78, 5) is 22.6. The molecule has 1 amide bonds. The van der Waals surface area contributed by atoms with Crippen LogP contribution in [-0.4, -0.2) is 59.7 Å². The van der Waals surface area contributed by atoms with E-state index < -0.39 is 5.60 Å². The third-order valence-electron chi connectivity index (χ3n) is 4.61. The van der Waals surface area contributed by atoms with Gasteiger partial charge in [0.2, 0.25) is 5.60 Å². The molecule has 1 saturated heterocycles. The van der Waals surface area contributed by atoms with E-state index >= 15 is 0 Å². The van der Waals surface area contributed by atoms with E-state index in [9.17, 15) is 4.79 Å². The minimum atomic E-state index is -0.928. The van der Waals surface area contributed by atoms with Gasteiger partial charge in [-0.25, -0.2) is 0 Å². The maximum absolute atomic E-state index is 12.9. The number of carbonyl (C=O) groups is 1. The molecule has 5 nitrogen and oxygen atoms in total. The SMILES string of the molecule is CCN1CCN(C(=O)[C@@]2(C)CC(c3ccccc3Cl)=NO2)CC1. The molecule has 0 bridgehead atoms. The number of hydrogen-bond donors (Lipinski definition) is 0. The van der Waals surface area contributed by atoms with Crippen molar-refractivity contribution in [2.75, 3.05) is 32.7 Å². The van der Waals surface area contributed by atoms with Crippen molar-refractivity contribution in [3.63, 3.8) is 0 Å². The smallest absolute Gasteiger partial charge is 0.269 e. The lowest BCUT2D eigenvalue weighted by Crippen LogP contribution is -2.54. The summed E-state index contributed by atoms with van der Waals surface area (Å²) in [7, 11) is 0. The monoisotopic (exact) mass is 335 g/mol. The van der Waals surface area contributed by atoms with Crippen LogP contribution in [0.25, 0.3) is 0 Å². The number of halogens is 1. The molecule has 6 heteroatoms. The van der Waals surface area contributed by atoms with E-state index in [1.54, 1.807) is 0 Å². The molecule has 0 N–H and O–H groups in total. The van der Waals surface area contributed by atoms with Crippen molar-refractivity contribution in [1.29, 1.82) is 0 Å². The standard InChI is InChI=1S/C17H22ClN3O2/c1-3-20-8-10-21(11-9-20)16(22)17(2)12-15(19-23-17)13-6-4-5-7-14(13)18/h4-7H,3,8-12H2,1-2H3/t17-/m1/s1. The Labute approximate surface area is 141 Å². The maximum atomic E-state index is 12.9. The van der Waals surface area contributed by atoms with Crippen LogP contribution in [0.2, 0.25) is 5.02 Å². The van der Waals surface area contributed by atoms with E-state index in [1.807, 2.05) is 36.1 Å². The number of amides is 1. The van der Waals surface area contributed by atoms with Crippen molar-refractivity contribution in [3.8, 4) is 0 Å². The summed E-state index contributed by atoms with van der Waals surface area (Å²) in [5, 5.41) is 4.77. The van der Waals surface area contributed by atoms with E-state index in [2.05, 4.69) is 17.0 Å². The number of oxime groups is 1. The topological polar surface area (TPSA) is 45.1 Å². The summed E-state index contributed by atoms with van der Waals surface area (Å²) in [6.45, 7) is 8.29. The Balaban J connectivity index is 1.68. The Kier molecular flexibility index (Phi) is 4.60. The van der Waals surface area contributed by atoms with Gasteiger partial charge in [-0.15, -0.1) is 0 Å². The lowest BCUT2D eigenvalue weighted by molar-refractivity contribution is -0.155. The molecule has 0 spiro atoms. The second kappa shape index (κ2) is 6.49. The van der Waals surface area contributed by atoms with Gasteiger partial charge in [-0.05, 0) is 19.5 Å². The largest absolute Gasteiger partial charge is 0.379 e. The molecule has 0 unspecified atom stereocenters. The molecule has 0 aliphatic carbocycles. The number of nitrogens with zero attached hydrogens (tertiary/aromatic N) is 3. The van der Waals surface area contributed by atoms with Gasteiger partial charge in [0.25, 0.3) is 5.91 Å². The van der Waals surface area contributed by atoms with Gasteiger partial charge in [-0.3, -0.25) is 4.79 Å². The zero-order chi connectivity index (χ0) is 16.4. The van der Waals surface area contributed by atoms with Gasteiger partial charge in [-0.2, -0.15) is 0 Å². The third kappa shape index (κ3) is 3.21.